The standard InChI is InChI=1S/C24H31Cl2N3O4S/c1-6-17(3)27-24(31)18(4)28(14-19-8-11-20(25)12-9-19)23(30)15-29(34(5,32)33)22-13-21(26)10-7-16(22)2/h7-13,17-18H,6,14-15H2,1-5H3,(H,27,31)/t17-,18+/m1/s1. The maximum Gasteiger partial charge on any atom is 0.244 e. The molecule has 0 aliphatic carbocycles. The van der Waals surface area contributed by atoms with Gasteiger partial charge in [0.2, 0.25) is 21.8 Å². The van der Waals surface area contributed by atoms with Crippen LogP contribution in [0.4, 0.5) is 5.69 Å². The van der Waals surface area contributed by atoms with Crippen LogP contribution in [0.2, 0.25) is 10.0 Å². The second kappa shape index (κ2) is 11.9. The molecule has 2 rings (SSSR count). The van der Waals surface area contributed by atoms with Crippen molar-refractivity contribution in [3.8, 4) is 0 Å². The summed E-state index contributed by atoms with van der Waals surface area (Å²) < 4.78 is 26.3. The molecule has 0 aliphatic rings. The number of amides is 2. The lowest BCUT2D eigenvalue weighted by molar-refractivity contribution is -0.139. The molecule has 0 unspecified atom stereocenters. The minimum absolute atomic E-state index is 0.0657. The number of halogens is 2. The largest absolute Gasteiger partial charge is 0.352 e. The van der Waals surface area contributed by atoms with E-state index >= 15 is 0 Å². The summed E-state index contributed by atoms with van der Waals surface area (Å²) in [6.07, 6.45) is 1.77. The highest BCUT2D eigenvalue weighted by molar-refractivity contribution is 7.92. The molecule has 0 saturated heterocycles. The number of hydrogen-bond acceptors (Lipinski definition) is 4. The molecule has 2 amide bonds. The molecule has 10 heteroatoms. The molecule has 7 nitrogen and oxygen atoms in total. The average molecular weight is 529 g/mol. The fraction of sp³-hybridized carbons (Fsp3) is 0.417. The van der Waals surface area contributed by atoms with Crippen LogP contribution in [0.25, 0.3) is 0 Å². The molecule has 34 heavy (non-hydrogen) atoms. The quantitative estimate of drug-likeness (QED) is 0.495. The number of carbonyl (C=O) groups is 2. The number of aryl methyl sites for hydroxylation is 1. The normalized spacial score (nSPS) is 13.1. The van der Waals surface area contributed by atoms with Gasteiger partial charge in [-0.15, -0.1) is 0 Å². The lowest BCUT2D eigenvalue weighted by atomic mass is 10.1. The Bertz CT molecular complexity index is 1120. The zero-order chi connectivity index (χ0) is 25.6. The van der Waals surface area contributed by atoms with E-state index in [9.17, 15) is 18.0 Å². The lowest BCUT2D eigenvalue weighted by Crippen LogP contribution is -2.52. The van der Waals surface area contributed by atoms with E-state index in [0.717, 1.165) is 22.5 Å². The first kappa shape index (κ1) is 28.0. The molecule has 0 fully saturated rings. The molecular formula is C24H31Cl2N3O4S. The van der Waals surface area contributed by atoms with Gasteiger partial charge in [0.1, 0.15) is 12.6 Å². The van der Waals surface area contributed by atoms with E-state index in [1.165, 1.54) is 11.0 Å². The van der Waals surface area contributed by atoms with E-state index in [1.807, 2.05) is 13.8 Å². The zero-order valence-corrected chi connectivity index (χ0v) is 22.3. The monoisotopic (exact) mass is 527 g/mol. The van der Waals surface area contributed by atoms with Crippen LogP contribution in [-0.4, -0.2) is 50.0 Å². The Morgan fingerprint density at radius 3 is 2.18 bits per heavy atom. The van der Waals surface area contributed by atoms with Crippen molar-refractivity contribution in [1.29, 1.82) is 0 Å². The number of rotatable bonds is 10. The van der Waals surface area contributed by atoms with E-state index < -0.39 is 28.5 Å². The van der Waals surface area contributed by atoms with Crippen LogP contribution in [0.1, 0.15) is 38.3 Å². The van der Waals surface area contributed by atoms with Gasteiger partial charge in [-0.2, -0.15) is 0 Å². The highest BCUT2D eigenvalue weighted by Gasteiger charge is 2.31. The Morgan fingerprint density at radius 2 is 1.62 bits per heavy atom. The first-order chi connectivity index (χ1) is 15.8. The summed E-state index contributed by atoms with van der Waals surface area (Å²) >= 11 is 12.1. The van der Waals surface area contributed by atoms with E-state index in [0.29, 0.717) is 21.3 Å². The van der Waals surface area contributed by atoms with Gasteiger partial charge in [-0.25, -0.2) is 8.42 Å². The highest BCUT2D eigenvalue weighted by Crippen LogP contribution is 2.27. The number of anilines is 1. The first-order valence-corrected chi connectivity index (χ1v) is 13.5. The summed E-state index contributed by atoms with van der Waals surface area (Å²) in [6.45, 7) is 6.82. The SMILES string of the molecule is CC[C@@H](C)NC(=O)[C@H](C)N(Cc1ccc(Cl)cc1)C(=O)CN(c1cc(Cl)ccc1C)S(C)(=O)=O. The lowest BCUT2D eigenvalue weighted by Gasteiger charge is -2.32. The van der Waals surface area contributed by atoms with Crippen LogP contribution in [0.3, 0.4) is 0 Å². The van der Waals surface area contributed by atoms with Crippen molar-refractivity contribution in [1.82, 2.24) is 10.2 Å². The summed E-state index contributed by atoms with van der Waals surface area (Å²) in [5, 5.41) is 3.78. The Balaban J connectivity index is 2.42. The fourth-order valence-electron chi connectivity index (χ4n) is 3.28. The number of carbonyl (C=O) groups excluding carboxylic acids is 2. The number of nitrogens with one attached hydrogen (secondary N) is 1. The minimum atomic E-state index is -3.82. The van der Waals surface area contributed by atoms with Gasteiger partial charge in [0.25, 0.3) is 0 Å². The van der Waals surface area contributed by atoms with Gasteiger partial charge in [0, 0.05) is 22.6 Å². The molecule has 1 N–H and O–H groups in total. The van der Waals surface area contributed by atoms with Crippen LogP contribution in [-0.2, 0) is 26.2 Å². The molecule has 186 valence electrons. The number of benzene rings is 2. The fourth-order valence-corrected chi connectivity index (χ4v) is 4.47. The predicted molar refractivity (Wildman–Crippen MR) is 138 cm³/mol. The maximum absolute atomic E-state index is 13.5. The number of nitrogens with zero attached hydrogens (tertiary/aromatic N) is 2. The molecule has 2 aromatic carbocycles. The highest BCUT2D eigenvalue weighted by atomic mass is 35.5. The van der Waals surface area contributed by atoms with Gasteiger partial charge in [-0.05, 0) is 62.6 Å². The van der Waals surface area contributed by atoms with Crippen molar-refractivity contribution in [2.24, 2.45) is 0 Å². The maximum atomic E-state index is 13.5. The third kappa shape index (κ3) is 7.61. The molecule has 0 bridgehead atoms. The Morgan fingerprint density at radius 1 is 1.03 bits per heavy atom. The zero-order valence-electron chi connectivity index (χ0n) is 20.0. The number of hydrogen-bond donors (Lipinski definition) is 1. The van der Waals surface area contributed by atoms with Gasteiger partial charge in [0.15, 0.2) is 0 Å². The van der Waals surface area contributed by atoms with Gasteiger partial charge in [0.05, 0.1) is 11.9 Å². The Hall–Kier alpha value is -2.29. The average Bonchev–Trinajstić information content (AvgIpc) is 2.77. The van der Waals surface area contributed by atoms with Crippen molar-refractivity contribution in [3.05, 3.63) is 63.6 Å². The second-order valence-electron chi connectivity index (χ2n) is 8.34. The molecule has 0 aliphatic heterocycles. The minimum Gasteiger partial charge on any atom is -0.352 e. The molecule has 2 atom stereocenters. The van der Waals surface area contributed by atoms with Crippen LogP contribution in [0.15, 0.2) is 42.5 Å². The van der Waals surface area contributed by atoms with Crippen molar-refractivity contribution >= 4 is 50.7 Å². The van der Waals surface area contributed by atoms with E-state index in [1.54, 1.807) is 50.2 Å². The summed E-state index contributed by atoms with van der Waals surface area (Å²) in [7, 11) is -3.82. The second-order valence-corrected chi connectivity index (χ2v) is 11.1. The predicted octanol–water partition coefficient (Wildman–Crippen LogP) is 4.40. The third-order valence-corrected chi connectivity index (χ3v) is 7.17. The van der Waals surface area contributed by atoms with Gasteiger partial charge in [-0.1, -0.05) is 48.3 Å². The summed E-state index contributed by atoms with van der Waals surface area (Å²) in [5.74, 6) is -0.840. The summed E-state index contributed by atoms with van der Waals surface area (Å²) in [6, 6.07) is 10.9. The van der Waals surface area contributed by atoms with Crippen molar-refractivity contribution < 1.29 is 18.0 Å². The van der Waals surface area contributed by atoms with Gasteiger partial charge < -0.3 is 10.2 Å². The van der Waals surface area contributed by atoms with Crippen molar-refractivity contribution in [3.63, 3.8) is 0 Å². The molecule has 2 aromatic rings. The molecular weight excluding hydrogens is 497 g/mol. The molecule has 0 saturated carbocycles. The third-order valence-electron chi connectivity index (χ3n) is 5.55. The summed E-state index contributed by atoms with van der Waals surface area (Å²) in [5.41, 5.74) is 1.71. The van der Waals surface area contributed by atoms with Crippen molar-refractivity contribution in [2.75, 3.05) is 17.1 Å². The molecule has 0 radical (unpaired) electrons. The molecule has 0 heterocycles. The van der Waals surface area contributed by atoms with Gasteiger partial charge in [-0.3, -0.25) is 13.9 Å². The van der Waals surface area contributed by atoms with E-state index in [4.69, 9.17) is 23.2 Å². The molecule has 0 spiro atoms. The van der Waals surface area contributed by atoms with Crippen LogP contribution in [0.5, 0.6) is 0 Å². The Kier molecular flexibility index (Phi) is 9.79. The van der Waals surface area contributed by atoms with Gasteiger partial charge >= 0.3 is 0 Å². The van der Waals surface area contributed by atoms with E-state index in [2.05, 4.69) is 5.32 Å². The van der Waals surface area contributed by atoms with E-state index in [-0.39, 0.29) is 18.5 Å². The summed E-state index contributed by atoms with van der Waals surface area (Å²) in [4.78, 5) is 27.8. The van der Waals surface area contributed by atoms with Crippen LogP contribution < -0.4 is 9.62 Å². The smallest absolute Gasteiger partial charge is 0.244 e. The number of sulfonamides is 1. The Labute approximate surface area is 212 Å². The van der Waals surface area contributed by atoms with Crippen LogP contribution in [0, 0.1) is 6.92 Å². The van der Waals surface area contributed by atoms with Crippen LogP contribution >= 0.6 is 23.2 Å². The first-order valence-electron chi connectivity index (χ1n) is 10.9. The van der Waals surface area contributed by atoms with Crippen molar-refractivity contribution in [2.45, 2.75) is 52.7 Å². The topological polar surface area (TPSA) is 86.8 Å². The molecule has 0 aromatic heterocycles.